The summed E-state index contributed by atoms with van der Waals surface area (Å²) >= 11 is 0. The Bertz CT molecular complexity index is 538. The van der Waals surface area contributed by atoms with Crippen LogP contribution in [0, 0.1) is 5.41 Å². The van der Waals surface area contributed by atoms with Crippen molar-refractivity contribution in [1.82, 2.24) is 16.0 Å². The molecule has 200 valence electrons. The predicted octanol–water partition coefficient (Wildman–Crippen LogP) is 4.49. The first-order valence-electron chi connectivity index (χ1n) is 12.1. The standard InChI is InChI=1S/C25H52N4O2.2H2S/c1-23(2,3)17-13-10-11-16-20(29-25(7,8)9)22(31)27-18-14-12-15-19(21(26)30)28-24(4,5)6;;/h19-20,28-29H,10-18H2,1-9H3,(H2,26,30)(H,27,31);2*1H2/t19-,20-;;/m0../s1. The largest absolute Gasteiger partial charge is 0.368 e. The zero-order valence-electron chi connectivity index (χ0n) is 22.9. The molecule has 0 aliphatic rings. The van der Waals surface area contributed by atoms with Gasteiger partial charge in [0.05, 0.1) is 12.1 Å². The number of rotatable bonds is 14. The molecule has 0 unspecified atom stereocenters. The van der Waals surface area contributed by atoms with Gasteiger partial charge in [-0.3, -0.25) is 9.59 Å². The molecular formula is C25H56N4O2S2. The van der Waals surface area contributed by atoms with Crippen LogP contribution in [0.4, 0.5) is 0 Å². The van der Waals surface area contributed by atoms with E-state index in [1.54, 1.807) is 0 Å². The first kappa shape index (κ1) is 37.1. The van der Waals surface area contributed by atoms with Crippen LogP contribution in [0.3, 0.4) is 0 Å². The van der Waals surface area contributed by atoms with Crippen molar-refractivity contribution in [3.8, 4) is 0 Å². The fourth-order valence-corrected chi connectivity index (χ4v) is 3.59. The summed E-state index contributed by atoms with van der Waals surface area (Å²) in [5.74, 6) is -0.245. The van der Waals surface area contributed by atoms with Crippen LogP contribution in [0.5, 0.6) is 0 Å². The summed E-state index contributed by atoms with van der Waals surface area (Å²) in [5, 5.41) is 9.83. The summed E-state index contributed by atoms with van der Waals surface area (Å²) < 4.78 is 0. The van der Waals surface area contributed by atoms with Crippen LogP contribution in [0.25, 0.3) is 0 Å². The molecule has 0 saturated heterocycles. The lowest BCUT2D eigenvalue weighted by Gasteiger charge is -2.28. The Kier molecular flexibility index (Phi) is 19.2. The summed E-state index contributed by atoms with van der Waals surface area (Å²) in [4.78, 5) is 24.4. The molecule has 0 aromatic carbocycles. The summed E-state index contributed by atoms with van der Waals surface area (Å²) in [6, 6.07) is -0.505. The van der Waals surface area contributed by atoms with Gasteiger partial charge in [-0.15, -0.1) is 0 Å². The second-order valence-electron chi connectivity index (χ2n) is 12.2. The monoisotopic (exact) mass is 508 g/mol. The number of unbranched alkanes of at least 4 members (excludes halogenated alkanes) is 3. The number of hydrogen-bond donors (Lipinski definition) is 4. The van der Waals surface area contributed by atoms with E-state index in [1.807, 2.05) is 20.8 Å². The van der Waals surface area contributed by atoms with E-state index >= 15 is 0 Å². The van der Waals surface area contributed by atoms with Gasteiger partial charge in [-0.1, -0.05) is 40.0 Å². The van der Waals surface area contributed by atoms with E-state index in [0.29, 0.717) is 18.4 Å². The number of amides is 2. The molecule has 0 bridgehead atoms. The van der Waals surface area contributed by atoms with Crippen LogP contribution in [-0.2, 0) is 9.59 Å². The quantitative estimate of drug-likeness (QED) is 0.260. The Morgan fingerprint density at radius 1 is 0.697 bits per heavy atom. The van der Waals surface area contributed by atoms with E-state index in [0.717, 1.165) is 32.1 Å². The number of carbonyl (C=O) groups is 2. The third-order valence-corrected chi connectivity index (χ3v) is 5.01. The van der Waals surface area contributed by atoms with Crippen LogP contribution in [0.2, 0.25) is 0 Å². The number of carbonyl (C=O) groups excluding carboxylic acids is 2. The fraction of sp³-hybridized carbons (Fsp3) is 0.920. The smallest absolute Gasteiger partial charge is 0.237 e. The summed E-state index contributed by atoms with van der Waals surface area (Å²) in [7, 11) is 0. The van der Waals surface area contributed by atoms with E-state index in [2.05, 4.69) is 57.5 Å². The predicted molar refractivity (Wildman–Crippen MR) is 153 cm³/mol. The average Bonchev–Trinajstić information content (AvgIpc) is 2.55. The van der Waals surface area contributed by atoms with Gasteiger partial charge >= 0.3 is 0 Å². The molecule has 33 heavy (non-hydrogen) atoms. The number of nitrogens with one attached hydrogen (secondary N) is 3. The summed E-state index contributed by atoms with van der Waals surface area (Å²) in [5.41, 5.74) is 5.62. The maximum atomic E-state index is 12.8. The lowest BCUT2D eigenvalue weighted by molar-refractivity contribution is -0.124. The van der Waals surface area contributed by atoms with Crippen molar-refractivity contribution in [1.29, 1.82) is 0 Å². The fourth-order valence-electron chi connectivity index (χ4n) is 3.59. The molecule has 0 heterocycles. The molecular weight excluding hydrogens is 452 g/mol. The van der Waals surface area contributed by atoms with Gasteiger partial charge in [0.2, 0.25) is 11.8 Å². The molecule has 0 rings (SSSR count). The third-order valence-electron chi connectivity index (χ3n) is 5.01. The molecule has 2 atom stereocenters. The van der Waals surface area contributed by atoms with Crippen LogP contribution >= 0.6 is 27.0 Å². The SMILES string of the molecule is CC(C)(C)CCCCC[C@H](NC(C)(C)C)C(=O)NCCCC[C@H](NC(C)(C)C)C(N)=O.S.S. The van der Waals surface area contributed by atoms with Gasteiger partial charge < -0.3 is 21.7 Å². The van der Waals surface area contributed by atoms with Gasteiger partial charge in [-0.2, -0.15) is 27.0 Å². The normalized spacial score (nSPS) is 14.0. The zero-order valence-corrected chi connectivity index (χ0v) is 24.9. The van der Waals surface area contributed by atoms with Gasteiger partial charge in [0, 0.05) is 17.6 Å². The van der Waals surface area contributed by atoms with Gasteiger partial charge in [0.15, 0.2) is 0 Å². The lowest BCUT2D eigenvalue weighted by Crippen LogP contribution is -2.51. The van der Waals surface area contributed by atoms with Gasteiger partial charge in [0.1, 0.15) is 0 Å². The molecule has 6 nitrogen and oxygen atoms in total. The van der Waals surface area contributed by atoms with E-state index in [4.69, 9.17) is 5.73 Å². The van der Waals surface area contributed by atoms with Crippen molar-refractivity contribution in [3.63, 3.8) is 0 Å². The van der Waals surface area contributed by atoms with Crippen LogP contribution in [0.15, 0.2) is 0 Å². The Morgan fingerprint density at radius 3 is 1.61 bits per heavy atom. The third kappa shape index (κ3) is 23.1. The minimum absolute atomic E-state index is 0. The molecule has 8 heteroatoms. The van der Waals surface area contributed by atoms with E-state index in [-0.39, 0.29) is 62.0 Å². The summed E-state index contributed by atoms with van der Waals surface area (Å²) in [6.07, 6.45) is 7.82. The van der Waals surface area contributed by atoms with Crippen LogP contribution in [-0.4, -0.2) is 41.5 Å². The highest BCUT2D eigenvalue weighted by molar-refractivity contribution is 7.59. The molecule has 0 fully saturated rings. The molecule has 2 amide bonds. The topological polar surface area (TPSA) is 96.2 Å². The Hall–Kier alpha value is -0.440. The number of hydrogen-bond acceptors (Lipinski definition) is 4. The molecule has 5 N–H and O–H groups in total. The van der Waals surface area contributed by atoms with E-state index in [9.17, 15) is 9.59 Å². The van der Waals surface area contributed by atoms with E-state index < -0.39 is 0 Å². The van der Waals surface area contributed by atoms with E-state index in [1.165, 1.54) is 12.8 Å². The lowest BCUT2D eigenvalue weighted by atomic mass is 9.89. The molecule has 0 aliphatic carbocycles. The molecule has 0 aliphatic heterocycles. The highest BCUT2D eigenvalue weighted by atomic mass is 32.1. The Balaban J connectivity index is -0.00000450. The average molecular weight is 509 g/mol. The van der Waals surface area contributed by atoms with Gasteiger partial charge in [0.25, 0.3) is 0 Å². The second kappa shape index (κ2) is 17.1. The van der Waals surface area contributed by atoms with Crippen molar-refractivity contribution in [3.05, 3.63) is 0 Å². The van der Waals surface area contributed by atoms with Crippen molar-refractivity contribution in [2.24, 2.45) is 11.1 Å². The first-order chi connectivity index (χ1) is 14.0. The number of nitrogens with two attached hydrogens (primary N) is 1. The number of primary amides is 1. The molecule has 0 spiro atoms. The zero-order chi connectivity index (χ0) is 24.3. The first-order valence-corrected chi connectivity index (χ1v) is 12.1. The minimum atomic E-state index is -0.334. The van der Waals surface area contributed by atoms with Gasteiger partial charge in [-0.25, -0.2) is 0 Å². The Morgan fingerprint density at radius 2 is 1.15 bits per heavy atom. The molecule has 0 saturated carbocycles. The molecule has 0 aromatic rings. The second-order valence-corrected chi connectivity index (χ2v) is 12.2. The highest BCUT2D eigenvalue weighted by Gasteiger charge is 2.24. The maximum absolute atomic E-state index is 12.8. The van der Waals surface area contributed by atoms with Crippen LogP contribution in [0.1, 0.15) is 114 Å². The highest BCUT2D eigenvalue weighted by Crippen LogP contribution is 2.22. The molecule has 0 radical (unpaired) electrons. The van der Waals surface area contributed by atoms with Crippen molar-refractivity contribution >= 4 is 38.8 Å². The van der Waals surface area contributed by atoms with Crippen molar-refractivity contribution < 1.29 is 9.59 Å². The molecule has 0 aromatic heterocycles. The van der Waals surface area contributed by atoms with Gasteiger partial charge in [-0.05, 0) is 79.1 Å². The van der Waals surface area contributed by atoms with Crippen molar-refractivity contribution in [2.75, 3.05) is 6.54 Å². The van der Waals surface area contributed by atoms with Crippen LogP contribution < -0.4 is 21.7 Å². The maximum Gasteiger partial charge on any atom is 0.237 e. The Labute approximate surface area is 218 Å². The van der Waals surface area contributed by atoms with Crippen molar-refractivity contribution in [2.45, 2.75) is 137 Å². The summed E-state index contributed by atoms with van der Waals surface area (Å²) in [6.45, 7) is 19.8. The minimum Gasteiger partial charge on any atom is -0.368 e.